The number of aromatic nitrogens is 2. The van der Waals surface area contributed by atoms with E-state index < -0.39 is 29.7 Å². The van der Waals surface area contributed by atoms with Gasteiger partial charge in [0, 0.05) is 43.8 Å². The number of ether oxygens (including phenoxy) is 1. The molecule has 1 aliphatic rings. The lowest BCUT2D eigenvalue weighted by Crippen LogP contribution is -2.50. The van der Waals surface area contributed by atoms with Crippen molar-refractivity contribution >= 4 is 23.7 Å². The predicted molar refractivity (Wildman–Crippen MR) is 128 cm³/mol. The number of benzene rings is 1. The summed E-state index contributed by atoms with van der Waals surface area (Å²) in [5.41, 5.74) is 0. The fourth-order valence-electron chi connectivity index (χ4n) is 3.92. The summed E-state index contributed by atoms with van der Waals surface area (Å²) in [6.07, 6.45) is 1.51. The van der Waals surface area contributed by atoms with Crippen LogP contribution in [0.4, 0.5) is 10.4 Å². The molecule has 0 spiro atoms. The monoisotopic (exact) mass is 550 g/mol. The number of nitrogens with zero attached hydrogens (tertiary/aromatic N) is 4. The van der Waals surface area contributed by atoms with Gasteiger partial charge in [0.1, 0.15) is 22.7 Å². The van der Waals surface area contributed by atoms with Crippen molar-refractivity contribution in [2.24, 2.45) is 0 Å². The zero-order valence-electron chi connectivity index (χ0n) is 20.6. The summed E-state index contributed by atoms with van der Waals surface area (Å²) >= 11 is 0. The fourth-order valence-corrected chi connectivity index (χ4v) is 5.17. The zero-order valence-corrected chi connectivity index (χ0v) is 22.3. The van der Waals surface area contributed by atoms with Crippen LogP contribution in [0.1, 0.15) is 44.9 Å². The molecule has 0 saturated carbocycles. The third kappa shape index (κ3) is 7.70. The number of anilines is 1. The maximum atomic E-state index is 14.0. The largest absolute Gasteiger partial charge is 0.493 e. The van der Waals surface area contributed by atoms with Gasteiger partial charge < -0.3 is 23.9 Å². The standard InChI is InChI=1S/C21H32FN4O8PS/c1-14(2)20-23-21(33-24-20)26-10-8-15(12-19(26)34-35(27,28)29)25(3)9-5-11-32-16-6-7-18(17(22)13-16)36(4,30)31/h6-7,13-15,19H,5,8-12H2,1-4H3,(H2,27,28,29). The first-order valence-corrected chi connectivity index (χ1v) is 14.8. The third-order valence-corrected chi connectivity index (χ3v) is 7.47. The Hall–Kier alpha value is -2.09. The van der Waals surface area contributed by atoms with E-state index in [1.807, 2.05) is 25.8 Å². The molecule has 2 aromatic rings. The van der Waals surface area contributed by atoms with Crippen molar-refractivity contribution in [3.63, 3.8) is 0 Å². The van der Waals surface area contributed by atoms with Crippen molar-refractivity contribution in [1.29, 1.82) is 0 Å². The molecule has 2 unspecified atom stereocenters. The van der Waals surface area contributed by atoms with Crippen LogP contribution in [0, 0.1) is 5.82 Å². The molecule has 2 heterocycles. The van der Waals surface area contributed by atoms with Gasteiger partial charge in [-0.2, -0.15) is 4.98 Å². The minimum atomic E-state index is -4.78. The first kappa shape index (κ1) is 28.5. The molecule has 0 bridgehead atoms. The van der Waals surface area contributed by atoms with Gasteiger partial charge in [-0.3, -0.25) is 9.42 Å². The van der Waals surface area contributed by atoms with Crippen LogP contribution in [0.15, 0.2) is 27.6 Å². The van der Waals surface area contributed by atoms with Crippen LogP contribution in [0.2, 0.25) is 0 Å². The first-order valence-electron chi connectivity index (χ1n) is 11.4. The molecule has 2 atom stereocenters. The lowest BCUT2D eigenvalue weighted by Gasteiger charge is -2.41. The van der Waals surface area contributed by atoms with Crippen LogP contribution in [0.3, 0.4) is 0 Å². The Kier molecular flexibility index (Phi) is 9.12. The van der Waals surface area contributed by atoms with Crippen LogP contribution in [-0.4, -0.2) is 78.5 Å². The molecule has 1 aliphatic heterocycles. The van der Waals surface area contributed by atoms with E-state index in [2.05, 4.69) is 10.1 Å². The van der Waals surface area contributed by atoms with E-state index >= 15 is 0 Å². The van der Waals surface area contributed by atoms with Crippen molar-refractivity contribution in [2.75, 3.05) is 37.9 Å². The van der Waals surface area contributed by atoms with Crippen molar-refractivity contribution < 1.29 is 40.9 Å². The van der Waals surface area contributed by atoms with Crippen LogP contribution >= 0.6 is 7.82 Å². The molecule has 1 saturated heterocycles. The van der Waals surface area contributed by atoms with Gasteiger partial charge >= 0.3 is 13.8 Å². The number of hydrogen-bond donors (Lipinski definition) is 2. The molecule has 202 valence electrons. The number of halogens is 1. The second-order valence-electron chi connectivity index (χ2n) is 9.06. The zero-order chi connectivity index (χ0) is 26.7. The predicted octanol–water partition coefficient (Wildman–Crippen LogP) is 2.54. The SMILES string of the molecule is CC(C)c1noc(N2CCC(N(C)CCCOc3ccc(S(C)(=O)=O)c(F)c3)CC2OP(=O)(O)O)n1. The summed E-state index contributed by atoms with van der Waals surface area (Å²) in [7, 11) is -6.54. The van der Waals surface area contributed by atoms with Gasteiger partial charge in [-0.15, -0.1) is 0 Å². The quantitative estimate of drug-likeness (QED) is 0.312. The Bertz CT molecular complexity index is 1190. The maximum Gasteiger partial charge on any atom is 0.471 e. The third-order valence-electron chi connectivity index (χ3n) is 5.83. The molecular formula is C21H32FN4O8PS. The van der Waals surface area contributed by atoms with E-state index in [1.165, 1.54) is 12.1 Å². The molecular weight excluding hydrogens is 518 g/mol. The molecule has 1 aromatic heterocycles. The van der Waals surface area contributed by atoms with E-state index in [1.54, 1.807) is 4.90 Å². The molecule has 15 heteroatoms. The van der Waals surface area contributed by atoms with Gasteiger partial charge in [0.05, 0.1) is 6.61 Å². The number of phosphoric ester groups is 1. The fraction of sp³-hybridized carbons (Fsp3) is 0.619. The minimum Gasteiger partial charge on any atom is -0.493 e. The molecule has 36 heavy (non-hydrogen) atoms. The van der Waals surface area contributed by atoms with Crippen LogP contribution < -0.4 is 9.64 Å². The molecule has 2 N–H and O–H groups in total. The Morgan fingerprint density at radius 3 is 2.67 bits per heavy atom. The highest BCUT2D eigenvalue weighted by molar-refractivity contribution is 7.90. The van der Waals surface area contributed by atoms with Gasteiger partial charge in [0.25, 0.3) is 0 Å². The number of hydrogen-bond acceptors (Lipinski definition) is 10. The molecule has 1 aromatic carbocycles. The highest BCUT2D eigenvalue weighted by atomic mass is 32.2. The minimum absolute atomic E-state index is 0.0312. The highest BCUT2D eigenvalue weighted by Gasteiger charge is 2.37. The number of piperidine rings is 1. The topological polar surface area (TPSA) is 156 Å². The maximum absolute atomic E-state index is 14.0. The second-order valence-corrected chi connectivity index (χ2v) is 12.2. The van der Waals surface area contributed by atoms with E-state index in [0.717, 1.165) is 12.3 Å². The lowest BCUT2D eigenvalue weighted by molar-refractivity contribution is 0.0663. The molecule has 1 fully saturated rings. The van der Waals surface area contributed by atoms with Gasteiger partial charge in [-0.05, 0) is 32.0 Å². The second kappa shape index (κ2) is 11.5. The Balaban J connectivity index is 1.55. The Morgan fingerprint density at radius 1 is 1.36 bits per heavy atom. The van der Waals surface area contributed by atoms with Gasteiger partial charge in [0.2, 0.25) is 0 Å². The smallest absolute Gasteiger partial charge is 0.471 e. The summed E-state index contributed by atoms with van der Waals surface area (Å²) in [4.78, 5) is 26.4. The van der Waals surface area contributed by atoms with E-state index in [0.29, 0.717) is 38.2 Å². The van der Waals surface area contributed by atoms with Gasteiger partial charge in [0.15, 0.2) is 15.7 Å². The Morgan fingerprint density at radius 2 is 2.08 bits per heavy atom. The Labute approximate surface area is 209 Å². The van der Waals surface area contributed by atoms with Crippen molar-refractivity contribution in [2.45, 2.75) is 56.2 Å². The summed E-state index contributed by atoms with van der Waals surface area (Å²) in [5, 5.41) is 3.92. The number of phosphoric acid groups is 1. The summed E-state index contributed by atoms with van der Waals surface area (Å²) in [6, 6.07) is 3.74. The summed E-state index contributed by atoms with van der Waals surface area (Å²) in [5.74, 6) is -0.114. The van der Waals surface area contributed by atoms with Crippen molar-refractivity contribution in [1.82, 2.24) is 15.0 Å². The molecule has 0 aliphatic carbocycles. The molecule has 12 nitrogen and oxygen atoms in total. The molecule has 3 rings (SSSR count). The van der Waals surface area contributed by atoms with Crippen molar-refractivity contribution in [3.05, 3.63) is 29.8 Å². The average Bonchev–Trinajstić information content (AvgIpc) is 3.25. The van der Waals surface area contributed by atoms with Crippen molar-refractivity contribution in [3.8, 4) is 5.75 Å². The molecule has 0 radical (unpaired) electrons. The van der Waals surface area contributed by atoms with E-state index in [-0.39, 0.29) is 35.2 Å². The van der Waals surface area contributed by atoms with Crippen LogP contribution in [-0.2, 0) is 18.9 Å². The van der Waals surface area contributed by atoms with Crippen LogP contribution in [0.5, 0.6) is 5.75 Å². The molecule has 0 amide bonds. The summed E-state index contributed by atoms with van der Waals surface area (Å²) in [6.45, 7) is 5.06. The highest BCUT2D eigenvalue weighted by Crippen LogP contribution is 2.41. The van der Waals surface area contributed by atoms with E-state index in [4.69, 9.17) is 13.8 Å². The number of rotatable bonds is 11. The van der Waals surface area contributed by atoms with Gasteiger partial charge in [-0.25, -0.2) is 17.4 Å². The summed E-state index contributed by atoms with van der Waals surface area (Å²) < 4.78 is 64.6. The normalized spacial score (nSPS) is 19.3. The lowest BCUT2D eigenvalue weighted by atomic mass is 10.0. The number of sulfone groups is 1. The van der Waals surface area contributed by atoms with E-state index in [9.17, 15) is 27.2 Å². The van der Waals surface area contributed by atoms with Crippen LogP contribution in [0.25, 0.3) is 0 Å². The first-order chi connectivity index (χ1) is 16.7. The van der Waals surface area contributed by atoms with Gasteiger partial charge in [-0.1, -0.05) is 19.0 Å². The average molecular weight is 551 g/mol.